The van der Waals surface area contributed by atoms with Gasteiger partial charge in [0, 0.05) is 13.6 Å². The summed E-state index contributed by atoms with van der Waals surface area (Å²) in [6, 6.07) is -0.507. The number of hydrogen-bond donors (Lipinski definition) is 2. The number of carbonyl (C=O) groups excluding carboxylic acids is 1. The minimum Gasteiger partial charge on any atom is -0.391 e. The molecule has 1 unspecified atom stereocenters. The lowest BCUT2D eigenvalue weighted by molar-refractivity contribution is 0.130. The van der Waals surface area contributed by atoms with Crippen molar-refractivity contribution in [2.75, 3.05) is 13.6 Å². The molecule has 2 amide bonds. The molecule has 0 bridgehead atoms. The summed E-state index contributed by atoms with van der Waals surface area (Å²) in [5.41, 5.74) is 4.91. The zero-order valence-corrected chi connectivity index (χ0v) is 6.37. The molecular weight excluding hydrogens is 132 g/mol. The molecular formula is C6H14N2O2. The van der Waals surface area contributed by atoms with E-state index in [2.05, 4.69) is 0 Å². The van der Waals surface area contributed by atoms with Crippen LogP contribution < -0.4 is 5.73 Å². The van der Waals surface area contributed by atoms with Crippen molar-refractivity contribution in [2.45, 2.75) is 19.4 Å². The van der Waals surface area contributed by atoms with Crippen LogP contribution in [0.15, 0.2) is 0 Å². The second kappa shape index (κ2) is 4.11. The molecule has 0 aromatic carbocycles. The van der Waals surface area contributed by atoms with Gasteiger partial charge < -0.3 is 15.7 Å². The Bertz CT molecular complexity index is 116. The van der Waals surface area contributed by atoms with Gasteiger partial charge in [-0.15, -0.1) is 0 Å². The molecule has 60 valence electrons. The van der Waals surface area contributed by atoms with Crippen molar-refractivity contribution in [3.05, 3.63) is 0 Å². The molecule has 0 aromatic rings. The lowest BCUT2D eigenvalue weighted by atomic mass is 10.3. The lowest BCUT2D eigenvalue weighted by Gasteiger charge is -2.16. The summed E-state index contributed by atoms with van der Waals surface area (Å²) in [5.74, 6) is 0. The third kappa shape index (κ3) is 3.29. The SMILES string of the molecule is CCC(O)CN(C)C(N)=O. The summed E-state index contributed by atoms with van der Waals surface area (Å²) in [6.07, 6.45) is 0.176. The van der Waals surface area contributed by atoms with E-state index in [1.165, 1.54) is 4.90 Å². The largest absolute Gasteiger partial charge is 0.391 e. The van der Waals surface area contributed by atoms with Crippen molar-refractivity contribution in [3.8, 4) is 0 Å². The molecule has 0 spiro atoms. The van der Waals surface area contributed by atoms with Crippen molar-refractivity contribution in [2.24, 2.45) is 5.73 Å². The average molecular weight is 146 g/mol. The van der Waals surface area contributed by atoms with Gasteiger partial charge in [0.25, 0.3) is 0 Å². The highest BCUT2D eigenvalue weighted by atomic mass is 16.3. The number of urea groups is 1. The molecule has 0 fully saturated rings. The highest BCUT2D eigenvalue weighted by molar-refractivity contribution is 5.71. The molecule has 0 heterocycles. The number of likely N-dealkylation sites (N-methyl/N-ethyl adjacent to an activating group) is 1. The molecule has 0 aromatic heterocycles. The summed E-state index contributed by atoms with van der Waals surface area (Å²) < 4.78 is 0. The number of nitrogens with zero attached hydrogens (tertiary/aromatic N) is 1. The fourth-order valence-electron chi connectivity index (χ4n) is 0.535. The van der Waals surface area contributed by atoms with Gasteiger partial charge in [-0.1, -0.05) is 6.92 Å². The highest BCUT2D eigenvalue weighted by Crippen LogP contribution is 1.92. The first-order chi connectivity index (χ1) is 4.57. The molecule has 3 N–H and O–H groups in total. The van der Waals surface area contributed by atoms with Crippen molar-refractivity contribution >= 4 is 6.03 Å². The third-order valence-electron chi connectivity index (χ3n) is 1.33. The molecule has 10 heavy (non-hydrogen) atoms. The van der Waals surface area contributed by atoms with Gasteiger partial charge in [-0.05, 0) is 6.42 Å². The summed E-state index contributed by atoms with van der Waals surface area (Å²) in [5, 5.41) is 9.03. The zero-order valence-electron chi connectivity index (χ0n) is 6.37. The number of aliphatic hydroxyl groups is 1. The Kier molecular flexibility index (Phi) is 3.79. The second-order valence-electron chi connectivity index (χ2n) is 2.28. The topological polar surface area (TPSA) is 66.6 Å². The summed E-state index contributed by atoms with van der Waals surface area (Å²) >= 11 is 0. The van der Waals surface area contributed by atoms with Crippen molar-refractivity contribution in [1.29, 1.82) is 0 Å². The number of hydrogen-bond acceptors (Lipinski definition) is 2. The van der Waals surface area contributed by atoms with Crippen LogP contribution in [0.4, 0.5) is 4.79 Å². The van der Waals surface area contributed by atoms with E-state index in [-0.39, 0.29) is 0 Å². The van der Waals surface area contributed by atoms with E-state index in [1.54, 1.807) is 7.05 Å². The van der Waals surface area contributed by atoms with E-state index in [0.29, 0.717) is 13.0 Å². The maximum Gasteiger partial charge on any atom is 0.314 e. The number of amides is 2. The summed E-state index contributed by atoms with van der Waals surface area (Å²) in [7, 11) is 1.56. The van der Waals surface area contributed by atoms with E-state index in [1.807, 2.05) is 6.92 Å². The van der Waals surface area contributed by atoms with Gasteiger partial charge in [0.2, 0.25) is 0 Å². The molecule has 0 aliphatic carbocycles. The van der Waals surface area contributed by atoms with Gasteiger partial charge >= 0.3 is 6.03 Å². The number of rotatable bonds is 3. The molecule has 4 heteroatoms. The maximum atomic E-state index is 10.4. The minimum atomic E-state index is -0.507. The Hall–Kier alpha value is -0.770. The van der Waals surface area contributed by atoms with Gasteiger partial charge in [-0.3, -0.25) is 0 Å². The van der Waals surface area contributed by atoms with E-state index in [9.17, 15) is 4.79 Å². The first-order valence-corrected chi connectivity index (χ1v) is 3.26. The van der Waals surface area contributed by atoms with E-state index < -0.39 is 12.1 Å². The summed E-state index contributed by atoms with van der Waals surface area (Å²) in [6.45, 7) is 2.16. The quantitative estimate of drug-likeness (QED) is 0.577. The average Bonchev–Trinajstić information content (AvgIpc) is 1.87. The van der Waals surface area contributed by atoms with Crippen LogP contribution in [-0.4, -0.2) is 35.7 Å². The third-order valence-corrected chi connectivity index (χ3v) is 1.33. The molecule has 0 aliphatic rings. The van der Waals surface area contributed by atoms with Crippen LogP contribution in [-0.2, 0) is 0 Å². The standard InChI is InChI=1S/C6H14N2O2/c1-3-5(9)4-8(2)6(7)10/h5,9H,3-4H2,1-2H3,(H2,7,10). The van der Waals surface area contributed by atoms with Crippen molar-refractivity contribution in [1.82, 2.24) is 4.90 Å². The number of primary amides is 1. The predicted octanol–water partition coefficient (Wildman–Crippen LogP) is -0.232. The Labute approximate surface area is 60.6 Å². The Morgan fingerprint density at radius 1 is 1.80 bits per heavy atom. The first kappa shape index (κ1) is 9.23. The van der Waals surface area contributed by atoms with Crippen LogP contribution in [0.25, 0.3) is 0 Å². The summed E-state index contributed by atoms with van der Waals surface area (Å²) in [4.78, 5) is 11.7. The zero-order chi connectivity index (χ0) is 8.15. The maximum absolute atomic E-state index is 10.4. The fraction of sp³-hybridized carbons (Fsp3) is 0.833. The second-order valence-corrected chi connectivity index (χ2v) is 2.28. The Morgan fingerprint density at radius 3 is 2.60 bits per heavy atom. The van der Waals surface area contributed by atoms with Crippen molar-refractivity contribution in [3.63, 3.8) is 0 Å². The molecule has 0 aliphatic heterocycles. The fourth-order valence-corrected chi connectivity index (χ4v) is 0.535. The van der Waals surface area contributed by atoms with Gasteiger partial charge in [0.05, 0.1) is 6.10 Å². The monoisotopic (exact) mass is 146 g/mol. The van der Waals surface area contributed by atoms with Crippen LogP contribution in [0.2, 0.25) is 0 Å². The highest BCUT2D eigenvalue weighted by Gasteiger charge is 2.07. The molecule has 0 saturated heterocycles. The smallest absolute Gasteiger partial charge is 0.314 e. The Morgan fingerprint density at radius 2 is 2.30 bits per heavy atom. The number of nitrogens with two attached hydrogens (primary N) is 1. The number of carbonyl (C=O) groups is 1. The molecule has 1 atom stereocenters. The predicted molar refractivity (Wildman–Crippen MR) is 38.5 cm³/mol. The molecule has 0 radical (unpaired) electrons. The normalized spacial score (nSPS) is 12.7. The van der Waals surface area contributed by atoms with E-state index >= 15 is 0 Å². The Balaban J connectivity index is 3.56. The lowest BCUT2D eigenvalue weighted by Crippen LogP contribution is -2.37. The minimum absolute atomic E-state index is 0.311. The van der Waals surface area contributed by atoms with Gasteiger partial charge in [0.15, 0.2) is 0 Å². The van der Waals surface area contributed by atoms with Crippen LogP contribution in [0.5, 0.6) is 0 Å². The van der Waals surface area contributed by atoms with E-state index in [4.69, 9.17) is 10.8 Å². The van der Waals surface area contributed by atoms with Crippen LogP contribution in [0.1, 0.15) is 13.3 Å². The van der Waals surface area contributed by atoms with Crippen LogP contribution >= 0.6 is 0 Å². The van der Waals surface area contributed by atoms with Crippen LogP contribution in [0.3, 0.4) is 0 Å². The van der Waals surface area contributed by atoms with Crippen molar-refractivity contribution < 1.29 is 9.90 Å². The van der Waals surface area contributed by atoms with Crippen LogP contribution in [0, 0.1) is 0 Å². The van der Waals surface area contributed by atoms with E-state index in [0.717, 1.165) is 0 Å². The molecule has 0 saturated carbocycles. The van der Waals surface area contributed by atoms with Gasteiger partial charge in [0.1, 0.15) is 0 Å². The van der Waals surface area contributed by atoms with Gasteiger partial charge in [-0.25, -0.2) is 4.79 Å². The number of aliphatic hydroxyl groups excluding tert-OH is 1. The van der Waals surface area contributed by atoms with Gasteiger partial charge in [-0.2, -0.15) is 0 Å². The first-order valence-electron chi connectivity index (χ1n) is 3.26. The molecule has 0 rings (SSSR count). The molecule has 4 nitrogen and oxygen atoms in total.